The van der Waals surface area contributed by atoms with Crippen molar-refractivity contribution in [1.29, 1.82) is 0 Å². The molecule has 19 nitrogen and oxygen atoms in total. The van der Waals surface area contributed by atoms with Gasteiger partial charge in [-0.3, -0.25) is 22.7 Å². The first-order valence-corrected chi connectivity index (χ1v) is 18.3. The molecular weight excluding hydrogens is 708 g/mol. The fourth-order valence-electron chi connectivity index (χ4n) is 5.69. The summed E-state index contributed by atoms with van der Waals surface area (Å²) in [5.74, 6) is 0.162. The van der Waals surface area contributed by atoms with Crippen molar-refractivity contribution in [3.63, 3.8) is 0 Å². The molecule has 24 heteroatoms. The highest BCUT2D eigenvalue weighted by molar-refractivity contribution is 8.07. The summed E-state index contributed by atoms with van der Waals surface area (Å²) in [7, 11) is -5.09. The quantitative estimate of drug-likeness (QED) is 0.194. The minimum atomic E-state index is -5.09. The maximum atomic E-state index is 16.2. The van der Waals surface area contributed by atoms with Gasteiger partial charge in [-0.2, -0.15) is 9.97 Å². The van der Waals surface area contributed by atoms with E-state index in [0.717, 1.165) is 0 Å². The molecule has 5 aliphatic heterocycles. The third-order valence-electron chi connectivity index (χ3n) is 7.85. The number of hydrogen-bond acceptors (Lipinski definition) is 16. The van der Waals surface area contributed by atoms with E-state index >= 15 is 8.78 Å². The molecule has 9 rings (SSSR count). The van der Waals surface area contributed by atoms with Crippen molar-refractivity contribution in [2.75, 3.05) is 26.4 Å². The van der Waals surface area contributed by atoms with E-state index in [0.29, 0.717) is 0 Å². The van der Waals surface area contributed by atoms with Crippen molar-refractivity contribution in [2.45, 2.75) is 49.2 Å². The zero-order valence-corrected chi connectivity index (χ0v) is 26.7. The number of ether oxygens (including phenoxy) is 4. The van der Waals surface area contributed by atoms with Gasteiger partial charge in [0.1, 0.15) is 50.3 Å². The summed E-state index contributed by atoms with van der Waals surface area (Å²) in [5, 5.41) is 0. The Labute approximate surface area is 272 Å². The molecule has 14 bridgehead atoms. The van der Waals surface area contributed by atoms with Crippen LogP contribution in [0.3, 0.4) is 0 Å². The van der Waals surface area contributed by atoms with Gasteiger partial charge in [-0.15, -0.1) is 0 Å². The second kappa shape index (κ2) is 12.3. The number of hydrogen-bond donors (Lipinski definition) is 2. The molecule has 256 valence electrons. The number of phosphoric acid groups is 1. The molecule has 2 N–H and O–H groups in total. The molecule has 48 heavy (non-hydrogen) atoms. The molecule has 3 unspecified atom stereocenters. The summed E-state index contributed by atoms with van der Waals surface area (Å²) in [6, 6.07) is 0. The number of imidazole rings is 2. The van der Waals surface area contributed by atoms with Crippen LogP contribution in [0.15, 0.2) is 37.5 Å². The molecule has 0 amide bonds. The van der Waals surface area contributed by atoms with Crippen LogP contribution in [0.1, 0.15) is 12.5 Å². The van der Waals surface area contributed by atoms with Crippen LogP contribution >= 0.6 is 14.5 Å². The average molecular weight is 733 g/mol. The van der Waals surface area contributed by atoms with Crippen LogP contribution in [-0.2, 0) is 43.9 Å². The van der Waals surface area contributed by atoms with Crippen LogP contribution < -0.4 is 9.47 Å². The number of alkyl halides is 2. The normalized spacial score (nSPS) is 38.0. The van der Waals surface area contributed by atoms with Gasteiger partial charge >= 0.3 is 14.5 Å². The lowest BCUT2D eigenvalue weighted by Gasteiger charge is -2.28. The predicted octanol–water partition coefficient (Wildman–Crippen LogP) is 1.60. The summed E-state index contributed by atoms with van der Waals surface area (Å²) < 4.78 is 92.6. The smallest absolute Gasteiger partial charge is 0.472 e. The maximum absolute atomic E-state index is 16.2. The van der Waals surface area contributed by atoms with E-state index in [-0.39, 0.29) is 47.3 Å². The molecule has 4 aromatic rings. The number of phosphoric ester groups is 1. The van der Waals surface area contributed by atoms with Crippen LogP contribution in [0, 0.1) is 0 Å². The van der Waals surface area contributed by atoms with Gasteiger partial charge in [0.25, 0.3) is 0 Å². The van der Waals surface area contributed by atoms with Gasteiger partial charge in [0.15, 0.2) is 47.1 Å². The van der Waals surface area contributed by atoms with E-state index in [1.54, 1.807) is 12.2 Å². The Morgan fingerprint density at radius 2 is 1.25 bits per heavy atom. The standard InChI is InChI=1S/C24H24F2N8O11P2S/c25-13-17-12-6-41-47(37,48)45-18-11(5-40-46(35,36)44-17)42-24(14(18)26)34-10-32-16-20(34)28-8-30-22(16)39-4-2-1-3-38-21-15-19(27-7-29-21)33(9-31-15)23(13)43-12/h1-2,7-14,17-18,23-24H,3-6H2,(H,35,36)(H,37,48)/b2-1+/t11-,12-,13-,14-,17-,18-,23?,24-,47?/m1/s1. The van der Waals surface area contributed by atoms with Gasteiger partial charge in [-0.1, -0.05) is 0 Å². The molecule has 10 atom stereocenters. The lowest BCUT2D eigenvalue weighted by atomic mass is 10.1. The Morgan fingerprint density at radius 3 is 1.79 bits per heavy atom. The van der Waals surface area contributed by atoms with Crippen molar-refractivity contribution in [3.8, 4) is 11.8 Å². The van der Waals surface area contributed by atoms with E-state index in [2.05, 4.69) is 29.9 Å². The Morgan fingerprint density at radius 1 is 0.750 bits per heavy atom. The van der Waals surface area contributed by atoms with Gasteiger partial charge in [-0.05, 0) is 24.0 Å². The highest BCUT2D eigenvalue weighted by Gasteiger charge is 2.54. The van der Waals surface area contributed by atoms with Gasteiger partial charge < -0.3 is 33.3 Å². The van der Waals surface area contributed by atoms with Crippen LogP contribution in [0.5, 0.6) is 11.8 Å². The second-order valence-corrected chi connectivity index (χ2v) is 15.0. The molecule has 0 aromatic carbocycles. The SMILES string of the molecule is O=P1(O)OC[C@H]2O[C@@H]3[C@H](F)[C@@H]2OP(O)(=S)OC[C@H]2OC([C@H](F)[C@@H]2O1)n1cnc2c(ncnc21)OC/C=C/COc1ncnc2c1ncn23. The van der Waals surface area contributed by atoms with Crippen molar-refractivity contribution >= 4 is 48.7 Å². The second-order valence-electron chi connectivity index (χ2n) is 10.8. The van der Waals surface area contributed by atoms with Crippen LogP contribution in [0.4, 0.5) is 8.78 Å². The Balaban J connectivity index is 1.21. The van der Waals surface area contributed by atoms with Gasteiger partial charge in [-0.25, -0.2) is 33.3 Å². The molecule has 5 aliphatic rings. The summed E-state index contributed by atoms with van der Waals surface area (Å²) in [4.78, 5) is 46.8. The third kappa shape index (κ3) is 5.79. The fourth-order valence-corrected chi connectivity index (χ4v) is 8.09. The minimum Gasteiger partial charge on any atom is -0.472 e. The van der Waals surface area contributed by atoms with Crippen molar-refractivity contribution in [2.24, 2.45) is 0 Å². The molecule has 4 aromatic heterocycles. The maximum Gasteiger partial charge on any atom is 0.472 e. The molecule has 0 aliphatic carbocycles. The molecule has 3 saturated heterocycles. The first-order valence-electron chi connectivity index (χ1n) is 14.2. The number of nitrogens with zero attached hydrogens (tertiary/aromatic N) is 8. The predicted molar refractivity (Wildman–Crippen MR) is 156 cm³/mol. The third-order valence-corrected chi connectivity index (χ3v) is 10.4. The number of aromatic nitrogens is 8. The van der Waals surface area contributed by atoms with Crippen molar-refractivity contribution in [3.05, 3.63) is 37.5 Å². The summed E-state index contributed by atoms with van der Waals surface area (Å²) in [6.45, 7) is -5.73. The molecule has 0 radical (unpaired) electrons. The van der Waals surface area contributed by atoms with E-state index in [4.69, 9.17) is 48.8 Å². The highest BCUT2D eigenvalue weighted by atomic mass is 32.5. The monoisotopic (exact) mass is 732 g/mol. The summed E-state index contributed by atoms with van der Waals surface area (Å²) in [5.41, 5.74) is 0.552. The van der Waals surface area contributed by atoms with Crippen molar-refractivity contribution in [1.82, 2.24) is 39.0 Å². The van der Waals surface area contributed by atoms with Crippen molar-refractivity contribution < 1.29 is 60.2 Å². The lowest BCUT2D eigenvalue weighted by molar-refractivity contribution is -0.0624. The first kappa shape index (κ1) is 32.1. The Hall–Kier alpha value is -3.14. The number of rotatable bonds is 0. The molecule has 3 fully saturated rings. The topological polar surface area (TPSA) is 219 Å². The van der Waals surface area contributed by atoms with E-state index in [9.17, 15) is 14.4 Å². The molecule has 9 heterocycles. The summed E-state index contributed by atoms with van der Waals surface area (Å²) in [6.07, 6.45) is -5.47. The van der Waals surface area contributed by atoms with Crippen LogP contribution in [0.25, 0.3) is 22.3 Å². The first-order chi connectivity index (χ1) is 23.1. The average Bonchev–Trinajstić information content (AvgIpc) is 3.81. The van der Waals surface area contributed by atoms with E-state index in [1.807, 2.05) is 0 Å². The van der Waals surface area contributed by atoms with Gasteiger partial charge in [0.2, 0.25) is 11.8 Å². The Bertz CT molecular complexity index is 1850. The zero-order valence-electron chi connectivity index (χ0n) is 24.1. The highest BCUT2D eigenvalue weighted by Crippen LogP contribution is 2.54. The van der Waals surface area contributed by atoms with Crippen LogP contribution in [-0.4, -0.2) is 112 Å². The van der Waals surface area contributed by atoms with E-state index in [1.165, 1.54) is 34.4 Å². The van der Waals surface area contributed by atoms with E-state index < -0.39 is 77.0 Å². The zero-order chi connectivity index (χ0) is 33.2. The fraction of sp³-hybridized carbons (Fsp3) is 0.500. The lowest BCUT2D eigenvalue weighted by Crippen LogP contribution is -2.37. The largest absolute Gasteiger partial charge is 0.472 e. The summed E-state index contributed by atoms with van der Waals surface area (Å²) >= 11 is 5.17. The van der Waals surface area contributed by atoms with Gasteiger partial charge in [0, 0.05) is 0 Å². The molecule has 0 spiro atoms. The van der Waals surface area contributed by atoms with Gasteiger partial charge in [0.05, 0.1) is 25.9 Å². The van der Waals surface area contributed by atoms with Crippen LogP contribution in [0.2, 0.25) is 0 Å². The minimum absolute atomic E-state index is 0.0390. The Kier molecular flexibility index (Phi) is 8.24. The molecule has 0 saturated carbocycles. The number of halogens is 2. The number of fused-ring (bicyclic) bond motifs is 10. The molecular formula is C24H24F2N8O11P2S.